The van der Waals surface area contributed by atoms with Gasteiger partial charge in [0.2, 0.25) is 11.7 Å². The largest absolute Gasteiger partial charge is 0.487 e. The number of nitrogens with one attached hydrogen (secondary N) is 1. The Morgan fingerprint density at radius 3 is 2.11 bits per heavy atom. The van der Waals surface area contributed by atoms with Crippen molar-refractivity contribution in [3.05, 3.63) is 34.6 Å². The Labute approximate surface area is 215 Å². The molecule has 2 aliphatic heterocycles. The van der Waals surface area contributed by atoms with Crippen LogP contribution < -0.4 is 11.1 Å². The summed E-state index contributed by atoms with van der Waals surface area (Å²) in [6.45, 7) is 4.38. The first-order valence-electron chi connectivity index (χ1n) is 11.3. The monoisotopic (exact) mass is 556 g/mol. The second-order valence-electron chi connectivity index (χ2n) is 8.43. The molecule has 2 amide bonds. The molecule has 0 bridgehead atoms. The Morgan fingerprint density at radius 2 is 1.67 bits per heavy atom. The number of carbonyl (C=O) groups excluding carboxylic acids is 2. The van der Waals surface area contributed by atoms with Crippen molar-refractivity contribution in [3.8, 4) is 0 Å². The van der Waals surface area contributed by atoms with E-state index in [9.17, 15) is 36.6 Å². The molecule has 0 saturated carbocycles. The topological polar surface area (TPSA) is 98.9 Å². The van der Waals surface area contributed by atoms with Gasteiger partial charge in [-0.15, -0.1) is 0 Å². The van der Waals surface area contributed by atoms with Crippen molar-refractivity contribution in [1.29, 1.82) is 0 Å². The van der Waals surface area contributed by atoms with Crippen molar-refractivity contribution in [2.24, 2.45) is 5.73 Å². The van der Waals surface area contributed by atoms with Gasteiger partial charge in [-0.3, -0.25) is 14.9 Å². The van der Waals surface area contributed by atoms with Crippen molar-refractivity contribution < 1.29 is 36.6 Å². The number of aliphatic hydroxyl groups excluding tert-OH is 1. The maximum absolute atomic E-state index is 12.8. The zero-order valence-electron chi connectivity index (χ0n) is 19.9. The Balaban J connectivity index is 0.000000281. The molecule has 202 valence electrons. The van der Waals surface area contributed by atoms with Crippen LogP contribution in [0.5, 0.6) is 0 Å². The number of carbonyl (C=O) groups is 2. The number of amides is 2. The summed E-state index contributed by atoms with van der Waals surface area (Å²) in [6.07, 6.45) is 6.71. The molecule has 0 aliphatic carbocycles. The lowest BCUT2D eigenvalue weighted by molar-refractivity contribution is -0.133. The number of piperidine rings is 1. The highest BCUT2D eigenvalue weighted by molar-refractivity contribution is 7.98. The highest BCUT2D eigenvalue weighted by Gasteiger charge is 2.50. The second-order valence-corrected chi connectivity index (χ2v) is 9.78. The third-order valence-corrected chi connectivity index (χ3v) is 7.09. The molecule has 1 atom stereocenters. The summed E-state index contributed by atoms with van der Waals surface area (Å²) in [5.74, 6) is -11.7. The number of hydrogen-bond acceptors (Lipinski definition) is 5. The minimum atomic E-state index is -2.33. The molecule has 0 radical (unpaired) electrons. The van der Waals surface area contributed by atoms with Crippen LogP contribution in [0.15, 0.2) is 0 Å². The zero-order valence-corrected chi connectivity index (χ0v) is 21.5. The van der Waals surface area contributed by atoms with Crippen LogP contribution in [0.2, 0.25) is 0 Å². The molecule has 1 unspecified atom stereocenters. The van der Waals surface area contributed by atoms with Crippen LogP contribution >= 0.6 is 24.0 Å². The first kappa shape index (κ1) is 30.0. The predicted octanol–water partition coefficient (Wildman–Crippen LogP) is 3.46. The lowest BCUT2D eigenvalue weighted by Gasteiger charge is -2.44. The van der Waals surface area contributed by atoms with E-state index in [1.807, 2.05) is 4.90 Å². The Bertz CT molecular complexity index is 964. The SMILES string of the molecule is CCCCN1C(=O)C(CCSC)NC12CCN(C(O)=S)CC2.NC(=O)c1c(F)c(F)c(F)c(F)c1F. The van der Waals surface area contributed by atoms with E-state index in [-0.39, 0.29) is 22.8 Å². The summed E-state index contributed by atoms with van der Waals surface area (Å²) >= 11 is 6.64. The average Bonchev–Trinajstić information content (AvgIpc) is 3.09. The quantitative estimate of drug-likeness (QED) is 0.205. The number of rotatable bonds is 7. The number of unbranched alkanes of at least 4 members (excludes halogenated alkanes) is 1. The lowest BCUT2D eigenvalue weighted by atomic mass is 9.96. The molecule has 3 rings (SSSR count). The van der Waals surface area contributed by atoms with Crippen molar-refractivity contribution in [2.45, 2.75) is 50.7 Å². The van der Waals surface area contributed by atoms with Crippen LogP contribution in [-0.2, 0) is 4.79 Å². The highest BCUT2D eigenvalue weighted by Crippen LogP contribution is 2.34. The van der Waals surface area contributed by atoms with Crippen molar-refractivity contribution in [1.82, 2.24) is 15.1 Å². The van der Waals surface area contributed by atoms with Crippen LogP contribution in [0.25, 0.3) is 0 Å². The van der Waals surface area contributed by atoms with Crippen molar-refractivity contribution in [2.75, 3.05) is 31.6 Å². The number of nitrogens with two attached hydrogens (primary N) is 1. The summed E-state index contributed by atoms with van der Waals surface area (Å²) in [7, 11) is 0. The van der Waals surface area contributed by atoms with E-state index < -0.39 is 40.6 Å². The molecule has 1 aromatic carbocycles. The van der Waals surface area contributed by atoms with Gasteiger partial charge in [-0.05, 0) is 37.1 Å². The van der Waals surface area contributed by atoms with Gasteiger partial charge in [0.25, 0.3) is 11.1 Å². The number of thioether (sulfide) groups is 1. The third kappa shape index (κ3) is 6.38. The zero-order chi connectivity index (χ0) is 27.2. The summed E-state index contributed by atoms with van der Waals surface area (Å²) in [4.78, 5) is 27.0. The first-order chi connectivity index (χ1) is 16.9. The van der Waals surface area contributed by atoms with E-state index in [4.69, 9.17) is 12.2 Å². The average molecular weight is 557 g/mol. The van der Waals surface area contributed by atoms with Crippen LogP contribution in [0.3, 0.4) is 0 Å². The minimum absolute atomic E-state index is 0.0294. The van der Waals surface area contributed by atoms with Gasteiger partial charge in [0.1, 0.15) is 5.56 Å². The number of thiocarbonyl (C=S) groups is 1. The Hall–Kier alpha value is -2.19. The number of primary amides is 1. The van der Waals surface area contributed by atoms with E-state index >= 15 is 0 Å². The lowest BCUT2D eigenvalue weighted by Crippen LogP contribution is -2.59. The number of aliphatic hydroxyl groups is 1. The smallest absolute Gasteiger partial charge is 0.256 e. The predicted molar refractivity (Wildman–Crippen MR) is 130 cm³/mol. The van der Waals surface area contributed by atoms with Crippen molar-refractivity contribution in [3.63, 3.8) is 0 Å². The summed E-state index contributed by atoms with van der Waals surface area (Å²) in [5, 5.41) is 13.1. The molecular formula is C22H29F5N4O3S2. The molecule has 0 aromatic heterocycles. The summed E-state index contributed by atoms with van der Waals surface area (Å²) < 4.78 is 62.4. The van der Waals surface area contributed by atoms with E-state index in [2.05, 4.69) is 29.1 Å². The fourth-order valence-corrected chi connectivity index (χ4v) is 4.89. The normalized spacial score (nSPS) is 18.9. The van der Waals surface area contributed by atoms with Gasteiger partial charge in [0.05, 0.1) is 11.7 Å². The standard InChI is InChI=1S/C15H27N3O2S2.C7H2F5NO/c1-3-4-8-18-13(19)12(5-11-22-2)16-15(18)6-9-17(10-7-15)14(20)21;8-2-1(7(13)14)3(9)5(11)6(12)4(2)10/h12,16H,3-11H2,1-2H3,(H,20,21);(H2,13,14). The van der Waals surface area contributed by atoms with Crippen LogP contribution in [0.4, 0.5) is 22.0 Å². The van der Waals surface area contributed by atoms with E-state index in [1.165, 1.54) is 0 Å². The fraction of sp³-hybridized carbons (Fsp3) is 0.591. The first-order valence-corrected chi connectivity index (χ1v) is 13.1. The molecule has 1 aromatic rings. The highest BCUT2D eigenvalue weighted by atomic mass is 32.2. The van der Waals surface area contributed by atoms with Gasteiger partial charge in [0, 0.05) is 32.5 Å². The molecule has 2 aliphatic rings. The molecule has 14 heteroatoms. The minimum Gasteiger partial charge on any atom is -0.487 e. The van der Waals surface area contributed by atoms with E-state index in [0.29, 0.717) is 13.1 Å². The van der Waals surface area contributed by atoms with Gasteiger partial charge in [0.15, 0.2) is 23.3 Å². The van der Waals surface area contributed by atoms with E-state index in [1.54, 1.807) is 11.8 Å². The van der Waals surface area contributed by atoms with Crippen LogP contribution in [0, 0.1) is 29.1 Å². The van der Waals surface area contributed by atoms with Gasteiger partial charge < -0.3 is 20.6 Å². The number of nitrogens with zero attached hydrogens (tertiary/aromatic N) is 2. The van der Waals surface area contributed by atoms with Gasteiger partial charge in [-0.1, -0.05) is 13.3 Å². The van der Waals surface area contributed by atoms with Crippen molar-refractivity contribution >= 4 is 41.0 Å². The fourth-order valence-electron chi connectivity index (χ4n) is 4.24. The molecule has 36 heavy (non-hydrogen) atoms. The molecule has 2 heterocycles. The third-order valence-electron chi connectivity index (χ3n) is 6.19. The Morgan fingerprint density at radius 1 is 1.14 bits per heavy atom. The van der Waals surface area contributed by atoms with Crippen LogP contribution in [0.1, 0.15) is 49.4 Å². The molecule has 7 nitrogen and oxygen atoms in total. The maximum atomic E-state index is 12.8. The number of benzene rings is 1. The number of hydrogen-bond donors (Lipinski definition) is 3. The molecule has 1 spiro atoms. The molecule has 2 saturated heterocycles. The summed E-state index contributed by atoms with van der Waals surface area (Å²) in [6, 6.07) is -0.0584. The van der Waals surface area contributed by atoms with Crippen LogP contribution in [-0.4, -0.2) is 75.2 Å². The van der Waals surface area contributed by atoms with E-state index in [0.717, 1.165) is 44.4 Å². The number of likely N-dealkylation sites (tertiary alicyclic amines) is 1. The molecular weight excluding hydrogens is 527 g/mol. The molecule has 4 N–H and O–H groups in total. The van der Waals surface area contributed by atoms with Gasteiger partial charge in [-0.2, -0.15) is 11.8 Å². The summed E-state index contributed by atoms with van der Waals surface area (Å²) in [5.41, 5.74) is 2.55. The number of halogens is 5. The second kappa shape index (κ2) is 12.9. The van der Waals surface area contributed by atoms with Gasteiger partial charge >= 0.3 is 0 Å². The maximum Gasteiger partial charge on any atom is 0.256 e. The van der Waals surface area contributed by atoms with Gasteiger partial charge in [-0.25, -0.2) is 22.0 Å². The molecule has 2 fully saturated rings. The Kier molecular flexibility index (Phi) is 10.7.